The first-order valence-electron chi connectivity index (χ1n) is 7.35. The number of benzene rings is 1. The first-order chi connectivity index (χ1) is 10.2. The van der Waals surface area contributed by atoms with Crippen LogP contribution in [0, 0.1) is 0 Å². The van der Waals surface area contributed by atoms with E-state index in [9.17, 15) is 0 Å². The van der Waals surface area contributed by atoms with Gasteiger partial charge in [0.1, 0.15) is 5.75 Å². The molecular weight excluding hydrogens is 330 g/mol. The largest absolute Gasteiger partial charge is 0.493 e. The monoisotopic (exact) mass is 349 g/mol. The second-order valence-corrected chi connectivity index (χ2v) is 6.24. The van der Waals surface area contributed by atoms with E-state index >= 15 is 0 Å². The van der Waals surface area contributed by atoms with E-state index in [4.69, 9.17) is 4.74 Å². The van der Waals surface area contributed by atoms with Crippen molar-refractivity contribution in [1.82, 2.24) is 15.1 Å². The Bertz CT molecular complexity index is 606. The minimum Gasteiger partial charge on any atom is -0.493 e. The maximum absolute atomic E-state index is 5.86. The van der Waals surface area contributed by atoms with E-state index in [1.807, 2.05) is 30.1 Å². The molecule has 0 fully saturated rings. The third-order valence-electron chi connectivity index (χ3n) is 3.99. The standard InChI is InChI=1S/C16H20BrN3O/c1-3-8-18-15(16-13(17)9-19-20(16)2)12-10-21-14-7-5-4-6-11(12)14/h4-7,9,12,15,18H,3,8,10H2,1-2H3. The zero-order chi connectivity index (χ0) is 14.8. The summed E-state index contributed by atoms with van der Waals surface area (Å²) in [6.07, 6.45) is 2.96. The number of aryl methyl sites for hydroxylation is 1. The van der Waals surface area contributed by atoms with Gasteiger partial charge in [-0.1, -0.05) is 25.1 Å². The number of aromatic nitrogens is 2. The van der Waals surface area contributed by atoms with Crippen LogP contribution in [0.3, 0.4) is 0 Å². The van der Waals surface area contributed by atoms with Crippen LogP contribution in [0.15, 0.2) is 34.9 Å². The summed E-state index contributed by atoms with van der Waals surface area (Å²) >= 11 is 3.63. The molecular formula is C16H20BrN3O. The summed E-state index contributed by atoms with van der Waals surface area (Å²) in [5.41, 5.74) is 2.45. The van der Waals surface area contributed by atoms with Gasteiger partial charge >= 0.3 is 0 Å². The van der Waals surface area contributed by atoms with Crippen molar-refractivity contribution in [2.45, 2.75) is 25.3 Å². The normalized spacial score (nSPS) is 18.3. The number of nitrogens with zero attached hydrogens (tertiary/aromatic N) is 2. The first kappa shape index (κ1) is 14.6. The van der Waals surface area contributed by atoms with Crippen molar-refractivity contribution in [3.8, 4) is 5.75 Å². The molecule has 0 saturated carbocycles. The lowest BCUT2D eigenvalue weighted by molar-refractivity contribution is 0.294. The molecule has 2 aromatic rings. The van der Waals surface area contributed by atoms with Crippen molar-refractivity contribution < 1.29 is 4.74 Å². The van der Waals surface area contributed by atoms with Crippen LogP contribution in [0.4, 0.5) is 0 Å². The molecule has 1 aromatic heterocycles. The molecule has 4 nitrogen and oxygen atoms in total. The van der Waals surface area contributed by atoms with Gasteiger partial charge in [-0.3, -0.25) is 4.68 Å². The molecule has 0 bridgehead atoms. The van der Waals surface area contributed by atoms with Crippen LogP contribution in [-0.4, -0.2) is 22.9 Å². The molecule has 0 amide bonds. The summed E-state index contributed by atoms with van der Waals surface area (Å²) in [5, 5.41) is 8.03. The Morgan fingerprint density at radius 1 is 1.48 bits per heavy atom. The summed E-state index contributed by atoms with van der Waals surface area (Å²) < 4.78 is 8.85. The molecule has 0 radical (unpaired) electrons. The van der Waals surface area contributed by atoms with Gasteiger partial charge < -0.3 is 10.1 Å². The van der Waals surface area contributed by atoms with Crippen molar-refractivity contribution in [1.29, 1.82) is 0 Å². The molecule has 2 atom stereocenters. The zero-order valence-corrected chi connectivity index (χ0v) is 13.9. The van der Waals surface area contributed by atoms with Gasteiger partial charge in [-0.05, 0) is 35.0 Å². The van der Waals surface area contributed by atoms with Crippen LogP contribution in [0.25, 0.3) is 0 Å². The summed E-state index contributed by atoms with van der Waals surface area (Å²) in [5.74, 6) is 1.31. The highest BCUT2D eigenvalue weighted by Crippen LogP contribution is 2.42. The predicted molar refractivity (Wildman–Crippen MR) is 86.6 cm³/mol. The highest BCUT2D eigenvalue weighted by atomic mass is 79.9. The molecule has 0 aliphatic carbocycles. The maximum atomic E-state index is 5.86. The molecule has 1 aliphatic rings. The van der Waals surface area contributed by atoms with Gasteiger partial charge in [0.15, 0.2) is 0 Å². The molecule has 1 aliphatic heterocycles. The third kappa shape index (κ3) is 2.72. The Morgan fingerprint density at radius 2 is 2.29 bits per heavy atom. The van der Waals surface area contributed by atoms with Crippen LogP contribution in [0.5, 0.6) is 5.75 Å². The van der Waals surface area contributed by atoms with Crippen molar-refractivity contribution in [3.63, 3.8) is 0 Å². The topological polar surface area (TPSA) is 39.1 Å². The third-order valence-corrected chi connectivity index (χ3v) is 4.60. The lowest BCUT2D eigenvalue weighted by Crippen LogP contribution is -2.30. The van der Waals surface area contributed by atoms with Crippen LogP contribution < -0.4 is 10.1 Å². The Balaban J connectivity index is 1.98. The Kier molecular flexibility index (Phi) is 4.31. The second-order valence-electron chi connectivity index (χ2n) is 5.39. The van der Waals surface area contributed by atoms with E-state index in [0.717, 1.165) is 23.2 Å². The second kappa shape index (κ2) is 6.20. The van der Waals surface area contributed by atoms with Crippen LogP contribution in [0.1, 0.15) is 36.6 Å². The van der Waals surface area contributed by atoms with E-state index in [1.165, 1.54) is 11.3 Å². The van der Waals surface area contributed by atoms with Crippen molar-refractivity contribution in [2.24, 2.45) is 7.05 Å². The number of nitrogens with one attached hydrogen (secondary N) is 1. The van der Waals surface area contributed by atoms with Crippen molar-refractivity contribution >= 4 is 15.9 Å². The van der Waals surface area contributed by atoms with E-state index in [-0.39, 0.29) is 6.04 Å². The molecule has 1 aromatic carbocycles. The lowest BCUT2D eigenvalue weighted by Gasteiger charge is -2.25. The van der Waals surface area contributed by atoms with Gasteiger partial charge in [0.05, 0.1) is 29.0 Å². The molecule has 3 rings (SSSR count). The van der Waals surface area contributed by atoms with Gasteiger partial charge in [0, 0.05) is 18.5 Å². The fourth-order valence-electron chi connectivity index (χ4n) is 2.96. The average Bonchev–Trinajstić information content (AvgIpc) is 3.06. The number of ether oxygens (including phenoxy) is 1. The molecule has 2 unspecified atom stereocenters. The quantitative estimate of drug-likeness (QED) is 0.898. The predicted octanol–water partition coefficient (Wildman–Crippen LogP) is 3.40. The van der Waals surface area contributed by atoms with Crippen molar-refractivity contribution in [3.05, 3.63) is 46.2 Å². The van der Waals surface area contributed by atoms with Gasteiger partial charge in [-0.15, -0.1) is 0 Å². The minimum atomic E-state index is 0.190. The van der Waals surface area contributed by atoms with E-state index in [0.29, 0.717) is 12.5 Å². The molecule has 5 heteroatoms. The van der Waals surface area contributed by atoms with E-state index < -0.39 is 0 Å². The molecule has 0 spiro atoms. The molecule has 0 saturated heterocycles. The SMILES string of the molecule is CCCNC(c1c(Br)cnn1C)C1COc2ccccc21. The van der Waals surface area contributed by atoms with Crippen molar-refractivity contribution in [2.75, 3.05) is 13.2 Å². The highest BCUT2D eigenvalue weighted by molar-refractivity contribution is 9.10. The van der Waals surface area contributed by atoms with E-state index in [2.05, 4.69) is 45.4 Å². The van der Waals surface area contributed by atoms with Crippen LogP contribution in [-0.2, 0) is 7.05 Å². The van der Waals surface area contributed by atoms with Crippen LogP contribution in [0.2, 0.25) is 0 Å². The number of hydrogen-bond donors (Lipinski definition) is 1. The summed E-state index contributed by atoms with van der Waals surface area (Å²) in [6.45, 7) is 3.86. The first-order valence-corrected chi connectivity index (χ1v) is 8.14. The molecule has 2 heterocycles. The fraction of sp³-hybridized carbons (Fsp3) is 0.438. The smallest absolute Gasteiger partial charge is 0.122 e. The fourth-order valence-corrected chi connectivity index (χ4v) is 3.56. The summed E-state index contributed by atoms with van der Waals surface area (Å²) in [7, 11) is 1.99. The number of para-hydroxylation sites is 1. The van der Waals surface area contributed by atoms with Gasteiger partial charge in [-0.25, -0.2) is 0 Å². The highest BCUT2D eigenvalue weighted by Gasteiger charge is 2.34. The summed E-state index contributed by atoms with van der Waals surface area (Å²) in [6, 6.07) is 8.50. The van der Waals surface area contributed by atoms with E-state index in [1.54, 1.807) is 0 Å². The van der Waals surface area contributed by atoms with Gasteiger partial charge in [-0.2, -0.15) is 5.10 Å². The minimum absolute atomic E-state index is 0.190. The maximum Gasteiger partial charge on any atom is 0.122 e. The Morgan fingerprint density at radius 3 is 3.00 bits per heavy atom. The summed E-state index contributed by atoms with van der Waals surface area (Å²) in [4.78, 5) is 0. The number of fused-ring (bicyclic) bond motifs is 1. The van der Waals surface area contributed by atoms with Gasteiger partial charge in [0.2, 0.25) is 0 Å². The zero-order valence-electron chi connectivity index (χ0n) is 12.3. The van der Waals surface area contributed by atoms with Gasteiger partial charge in [0.25, 0.3) is 0 Å². The van der Waals surface area contributed by atoms with Crippen LogP contribution >= 0.6 is 15.9 Å². The Labute approximate surface area is 133 Å². The molecule has 112 valence electrons. The number of rotatable bonds is 5. The average molecular weight is 350 g/mol. The number of hydrogen-bond acceptors (Lipinski definition) is 3. The number of halogens is 1. The Hall–Kier alpha value is -1.33. The molecule has 1 N–H and O–H groups in total. The lowest BCUT2D eigenvalue weighted by atomic mass is 9.91. The molecule has 21 heavy (non-hydrogen) atoms.